The average Bonchev–Trinajstić information content (AvgIpc) is 2.99. The van der Waals surface area contributed by atoms with Crippen molar-refractivity contribution in [2.75, 3.05) is 5.73 Å². The molecule has 3 aromatic rings. The van der Waals surface area contributed by atoms with Crippen LogP contribution in [0.4, 0.5) is 5.82 Å². The quantitative estimate of drug-likeness (QED) is 0.749. The molecule has 0 bridgehead atoms. The van der Waals surface area contributed by atoms with Crippen LogP contribution in [0.1, 0.15) is 0 Å². The molecule has 17 heavy (non-hydrogen) atoms. The van der Waals surface area contributed by atoms with E-state index in [1.807, 2.05) is 17.5 Å². The molecule has 0 unspecified atom stereocenters. The number of thiophene rings is 1. The summed E-state index contributed by atoms with van der Waals surface area (Å²) in [6.45, 7) is 0. The lowest BCUT2D eigenvalue weighted by atomic mass is 10.2. The standard InChI is InChI=1S/C11H8N4OS/c12-10-8(7-3-1-6-17-7)9(16-15-10)11-13-4-2-5-14-11/h1-6H,(H2,12,15). The van der Waals surface area contributed by atoms with E-state index in [0.717, 1.165) is 10.4 Å². The lowest BCUT2D eigenvalue weighted by molar-refractivity contribution is 0.433. The Kier molecular flexibility index (Phi) is 2.34. The molecular weight excluding hydrogens is 236 g/mol. The third-order valence-corrected chi connectivity index (χ3v) is 3.14. The van der Waals surface area contributed by atoms with Crippen LogP contribution in [0.25, 0.3) is 22.0 Å². The van der Waals surface area contributed by atoms with Gasteiger partial charge in [-0.15, -0.1) is 11.3 Å². The molecule has 0 atom stereocenters. The molecule has 0 radical (unpaired) electrons. The highest BCUT2D eigenvalue weighted by atomic mass is 32.1. The minimum atomic E-state index is 0.356. The molecule has 3 heterocycles. The van der Waals surface area contributed by atoms with Gasteiger partial charge in [0, 0.05) is 17.3 Å². The van der Waals surface area contributed by atoms with E-state index in [4.69, 9.17) is 10.3 Å². The Bertz CT molecular complexity index is 618. The number of nitrogens with two attached hydrogens (primary N) is 1. The van der Waals surface area contributed by atoms with Gasteiger partial charge in [-0.1, -0.05) is 11.2 Å². The molecule has 0 spiro atoms. The van der Waals surface area contributed by atoms with Crippen molar-refractivity contribution in [3.8, 4) is 22.0 Å². The monoisotopic (exact) mass is 244 g/mol. The molecule has 0 aliphatic carbocycles. The predicted octanol–water partition coefficient (Wildman–Crippen LogP) is 2.44. The van der Waals surface area contributed by atoms with Gasteiger partial charge in [0.2, 0.25) is 5.76 Å². The topological polar surface area (TPSA) is 77.8 Å². The summed E-state index contributed by atoms with van der Waals surface area (Å²) < 4.78 is 5.21. The zero-order valence-electron chi connectivity index (χ0n) is 8.70. The molecule has 2 N–H and O–H groups in total. The maximum Gasteiger partial charge on any atom is 0.214 e. The second-order valence-corrected chi connectivity index (χ2v) is 4.27. The fourth-order valence-corrected chi connectivity index (χ4v) is 2.31. The zero-order valence-corrected chi connectivity index (χ0v) is 9.52. The molecule has 0 aliphatic rings. The van der Waals surface area contributed by atoms with Crippen molar-refractivity contribution in [1.29, 1.82) is 0 Å². The fraction of sp³-hybridized carbons (Fsp3) is 0. The maximum atomic E-state index is 5.82. The second-order valence-electron chi connectivity index (χ2n) is 3.32. The molecule has 0 saturated carbocycles. The summed E-state index contributed by atoms with van der Waals surface area (Å²) in [5, 5.41) is 5.75. The Hall–Kier alpha value is -2.21. The van der Waals surface area contributed by atoms with Crippen LogP contribution in [0.3, 0.4) is 0 Å². The Morgan fingerprint density at radius 2 is 2.00 bits per heavy atom. The van der Waals surface area contributed by atoms with Gasteiger partial charge in [-0.2, -0.15) is 0 Å². The lowest BCUT2D eigenvalue weighted by Crippen LogP contribution is -1.89. The number of rotatable bonds is 2. The number of hydrogen-bond donors (Lipinski definition) is 1. The van der Waals surface area contributed by atoms with Crippen molar-refractivity contribution in [2.24, 2.45) is 0 Å². The van der Waals surface area contributed by atoms with Crippen LogP contribution in [0.15, 0.2) is 40.5 Å². The molecule has 3 aromatic heterocycles. The molecule has 0 saturated heterocycles. The van der Waals surface area contributed by atoms with Gasteiger partial charge in [0.25, 0.3) is 0 Å². The third-order valence-electron chi connectivity index (χ3n) is 2.25. The van der Waals surface area contributed by atoms with Gasteiger partial charge >= 0.3 is 0 Å². The smallest absolute Gasteiger partial charge is 0.214 e. The van der Waals surface area contributed by atoms with E-state index in [1.54, 1.807) is 29.8 Å². The minimum Gasteiger partial charge on any atom is -0.380 e. The van der Waals surface area contributed by atoms with Gasteiger partial charge in [-0.05, 0) is 17.5 Å². The number of anilines is 1. The molecule has 0 aliphatic heterocycles. The van der Waals surface area contributed by atoms with Crippen LogP contribution in [-0.2, 0) is 0 Å². The van der Waals surface area contributed by atoms with Crippen molar-refractivity contribution in [2.45, 2.75) is 0 Å². The minimum absolute atomic E-state index is 0.356. The van der Waals surface area contributed by atoms with E-state index >= 15 is 0 Å². The SMILES string of the molecule is Nc1noc(-c2ncccn2)c1-c1cccs1. The van der Waals surface area contributed by atoms with Crippen LogP contribution in [-0.4, -0.2) is 15.1 Å². The molecule has 3 rings (SSSR count). The van der Waals surface area contributed by atoms with Gasteiger partial charge in [0.1, 0.15) is 0 Å². The second kappa shape index (κ2) is 3.99. The van der Waals surface area contributed by atoms with E-state index in [-0.39, 0.29) is 0 Å². The largest absolute Gasteiger partial charge is 0.380 e. The third kappa shape index (κ3) is 1.68. The highest BCUT2D eigenvalue weighted by Gasteiger charge is 2.19. The summed E-state index contributed by atoms with van der Waals surface area (Å²) in [6.07, 6.45) is 3.30. The van der Waals surface area contributed by atoms with Crippen molar-refractivity contribution in [1.82, 2.24) is 15.1 Å². The molecule has 6 heteroatoms. The van der Waals surface area contributed by atoms with E-state index < -0.39 is 0 Å². The summed E-state index contributed by atoms with van der Waals surface area (Å²) in [5.74, 6) is 1.35. The molecule has 0 amide bonds. The average molecular weight is 244 g/mol. The molecule has 0 aromatic carbocycles. The maximum absolute atomic E-state index is 5.82. The van der Waals surface area contributed by atoms with Crippen LogP contribution in [0.2, 0.25) is 0 Å². The van der Waals surface area contributed by atoms with Gasteiger partial charge < -0.3 is 10.3 Å². The van der Waals surface area contributed by atoms with Crippen LogP contribution >= 0.6 is 11.3 Å². The van der Waals surface area contributed by atoms with Gasteiger partial charge in [0.15, 0.2) is 11.6 Å². The Balaban J connectivity index is 2.20. The summed E-state index contributed by atoms with van der Waals surface area (Å²) in [4.78, 5) is 9.27. The van der Waals surface area contributed by atoms with Crippen molar-refractivity contribution in [3.63, 3.8) is 0 Å². The number of nitrogen functional groups attached to an aromatic ring is 1. The summed E-state index contributed by atoms with van der Waals surface area (Å²) in [5.41, 5.74) is 6.57. The first-order valence-electron chi connectivity index (χ1n) is 4.92. The summed E-state index contributed by atoms with van der Waals surface area (Å²) in [6, 6.07) is 5.65. The first-order chi connectivity index (χ1) is 8.36. The Morgan fingerprint density at radius 1 is 1.18 bits per heavy atom. The number of aromatic nitrogens is 3. The van der Waals surface area contributed by atoms with Gasteiger partial charge in [-0.3, -0.25) is 0 Å². The highest BCUT2D eigenvalue weighted by molar-refractivity contribution is 7.13. The zero-order chi connectivity index (χ0) is 11.7. The van der Waals surface area contributed by atoms with E-state index in [2.05, 4.69) is 15.1 Å². The normalized spacial score (nSPS) is 10.6. The molecule has 84 valence electrons. The van der Waals surface area contributed by atoms with Crippen LogP contribution in [0, 0.1) is 0 Å². The predicted molar refractivity (Wildman–Crippen MR) is 65.3 cm³/mol. The van der Waals surface area contributed by atoms with Crippen LogP contribution in [0.5, 0.6) is 0 Å². The first-order valence-corrected chi connectivity index (χ1v) is 5.80. The highest BCUT2D eigenvalue weighted by Crippen LogP contribution is 2.37. The Labute approximate surface area is 101 Å². The van der Waals surface area contributed by atoms with Gasteiger partial charge in [-0.25, -0.2) is 9.97 Å². The van der Waals surface area contributed by atoms with Crippen molar-refractivity contribution >= 4 is 17.2 Å². The number of hydrogen-bond acceptors (Lipinski definition) is 6. The van der Waals surface area contributed by atoms with Crippen molar-refractivity contribution < 1.29 is 4.52 Å². The Morgan fingerprint density at radius 3 is 2.71 bits per heavy atom. The lowest BCUT2D eigenvalue weighted by Gasteiger charge is -1.97. The fourth-order valence-electron chi connectivity index (χ4n) is 1.53. The van der Waals surface area contributed by atoms with Gasteiger partial charge in [0.05, 0.1) is 5.56 Å². The molecule has 5 nitrogen and oxygen atoms in total. The van der Waals surface area contributed by atoms with E-state index in [0.29, 0.717) is 17.4 Å². The molecular formula is C11H8N4OS. The van der Waals surface area contributed by atoms with Crippen molar-refractivity contribution in [3.05, 3.63) is 36.0 Å². The first kappa shape index (κ1) is 9.98. The summed E-state index contributed by atoms with van der Waals surface area (Å²) >= 11 is 1.57. The van der Waals surface area contributed by atoms with Crippen LogP contribution < -0.4 is 5.73 Å². The van der Waals surface area contributed by atoms with E-state index in [9.17, 15) is 0 Å². The molecule has 0 fully saturated rings. The number of nitrogens with zero attached hydrogens (tertiary/aromatic N) is 3. The summed E-state index contributed by atoms with van der Waals surface area (Å²) in [7, 11) is 0. The van der Waals surface area contributed by atoms with E-state index in [1.165, 1.54) is 0 Å².